The molecule has 1 N–H and O–H groups in total. The van der Waals surface area contributed by atoms with Gasteiger partial charge in [-0.1, -0.05) is 17.7 Å². The molecule has 0 aliphatic rings. The van der Waals surface area contributed by atoms with Crippen LogP contribution in [0.25, 0.3) is 0 Å². The maximum atomic E-state index is 5.40. The third kappa shape index (κ3) is 6.05. The molecule has 19 heavy (non-hydrogen) atoms. The predicted octanol–water partition coefficient (Wildman–Crippen LogP) is 1.67. The lowest BCUT2D eigenvalue weighted by Gasteiger charge is -2.19. The molecule has 4 nitrogen and oxygen atoms in total. The van der Waals surface area contributed by atoms with Gasteiger partial charge in [0.25, 0.3) is 0 Å². The van der Waals surface area contributed by atoms with Crippen LogP contribution in [0.2, 0.25) is 0 Å². The van der Waals surface area contributed by atoms with Gasteiger partial charge in [0.1, 0.15) is 5.75 Å². The first-order valence-corrected chi connectivity index (χ1v) is 6.69. The average molecular weight is 266 g/mol. The van der Waals surface area contributed by atoms with Crippen molar-refractivity contribution in [1.82, 2.24) is 10.2 Å². The van der Waals surface area contributed by atoms with Crippen LogP contribution in [0.4, 0.5) is 0 Å². The minimum absolute atomic E-state index is 0.759. The molecule has 0 fully saturated rings. The van der Waals surface area contributed by atoms with Gasteiger partial charge in [-0.25, -0.2) is 0 Å². The lowest BCUT2D eigenvalue weighted by Crippen LogP contribution is -2.30. The van der Waals surface area contributed by atoms with Gasteiger partial charge < -0.3 is 19.7 Å². The molecule has 108 valence electrons. The van der Waals surface area contributed by atoms with Crippen molar-refractivity contribution in [3.05, 3.63) is 29.3 Å². The first-order chi connectivity index (χ1) is 9.17. The van der Waals surface area contributed by atoms with Gasteiger partial charge in [-0.3, -0.25) is 0 Å². The zero-order chi connectivity index (χ0) is 14.1. The van der Waals surface area contributed by atoms with Crippen molar-refractivity contribution < 1.29 is 9.47 Å². The molecule has 0 amide bonds. The van der Waals surface area contributed by atoms with E-state index in [4.69, 9.17) is 9.47 Å². The molecular weight excluding hydrogens is 240 g/mol. The fourth-order valence-electron chi connectivity index (χ4n) is 1.97. The van der Waals surface area contributed by atoms with Gasteiger partial charge in [-0.2, -0.15) is 0 Å². The van der Waals surface area contributed by atoms with Crippen LogP contribution in [0.15, 0.2) is 18.2 Å². The van der Waals surface area contributed by atoms with E-state index >= 15 is 0 Å². The SMILES string of the molecule is COCCNCCN(C)Cc1cc(C)ccc1OC. The highest BCUT2D eigenvalue weighted by Crippen LogP contribution is 2.20. The molecule has 0 aliphatic heterocycles. The van der Waals surface area contributed by atoms with Gasteiger partial charge in [0.15, 0.2) is 0 Å². The Bertz CT molecular complexity index is 369. The quantitative estimate of drug-likeness (QED) is 0.689. The van der Waals surface area contributed by atoms with Gasteiger partial charge >= 0.3 is 0 Å². The monoisotopic (exact) mass is 266 g/mol. The molecule has 1 aromatic rings. The zero-order valence-corrected chi connectivity index (χ0v) is 12.5. The normalized spacial score (nSPS) is 11.0. The van der Waals surface area contributed by atoms with E-state index in [1.54, 1.807) is 14.2 Å². The summed E-state index contributed by atoms with van der Waals surface area (Å²) >= 11 is 0. The van der Waals surface area contributed by atoms with Crippen LogP contribution in [-0.4, -0.2) is 52.4 Å². The van der Waals surface area contributed by atoms with E-state index in [2.05, 4.69) is 36.3 Å². The van der Waals surface area contributed by atoms with Crippen molar-refractivity contribution in [2.45, 2.75) is 13.5 Å². The number of ether oxygens (including phenoxy) is 2. The lowest BCUT2D eigenvalue weighted by molar-refractivity contribution is 0.197. The highest BCUT2D eigenvalue weighted by atomic mass is 16.5. The van der Waals surface area contributed by atoms with Crippen LogP contribution >= 0.6 is 0 Å². The maximum Gasteiger partial charge on any atom is 0.123 e. The molecule has 0 aliphatic carbocycles. The second-order valence-corrected chi connectivity index (χ2v) is 4.80. The Kier molecular flexibility index (Phi) is 7.48. The third-order valence-electron chi connectivity index (χ3n) is 3.03. The van der Waals surface area contributed by atoms with Gasteiger partial charge in [0, 0.05) is 38.9 Å². The van der Waals surface area contributed by atoms with Gasteiger partial charge in [0.05, 0.1) is 13.7 Å². The molecule has 0 atom stereocenters. The number of nitrogens with zero attached hydrogens (tertiary/aromatic N) is 1. The first-order valence-electron chi connectivity index (χ1n) is 6.69. The fraction of sp³-hybridized carbons (Fsp3) is 0.600. The van der Waals surface area contributed by atoms with E-state index < -0.39 is 0 Å². The predicted molar refractivity (Wildman–Crippen MR) is 78.8 cm³/mol. The van der Waals surface area contributed by atoms with Gasteiger partial charge in [0.2, 0.25) is 0 Å². The van der Waals surface area contributed by atoms with Gasteiger partial charge in [-0.05, 0) is 20.0 Å². The summed E-state index contributed by atoms with van der Waals surface area (Å²) in [4.78, 5) is 2.29. The molecular formula is C15H26N2O2. The Balaban J connectivity index is 2.39. The summed E-state index contributed by atoms with van der Waals surface area (Å²) in [6.07, 6.45) is 0. The Hall–Kier alpha value is -1.10. The topological polar surface area (TPSA) is 33.7 Å². The fourth-order valence-corrected chi connectivity index (χ4v) is 1.97. The van der Waals surface area contributed by atoms with Crippen molar-refractivity contribution in [2.75, 3.05) is 47.5 Å². The van der Waals surface area contributed by atoms with Crippen LogP contribution in [0, 0.1) is 6.92 Å². The number of likely N-dealkylation sites (N-methyl/N-ethyl adjacent to an activating group) is 1. The standard InChI is InChI=1S/C15H26N2O2/c1-13-5-6-15(19-4)14(11-13)12-17(2)9-7-16-8-10-18-3/h5-6,11,16H,7-10,12H2,1-4H3. The molecule has 0 saturated heterocycles. The number of hydrogen-bond acceptors (Lipinski definition) is 4. The number of hydrogen-bond donors (Lipinski definition) is 1. The molecule has 4 heteroatoms. The molecule has 1 aromatic carbocycles. The minimum Gasteiger partial charge on any atom is -0.496 e. The molecule has 0 saturated carbocycles. The summed E-state index contributed by atoms with van der Waals surface area (Å²) in [5, 5.41) is 3.35. The van der Waals surface area contributed by atoms with Crippen LogP contribution in [0.5, 0.6) is 5.75 Å². The van der Waals surface area contributed by atoms with E-state index in [9.17, 15) is 0 Å². The minimum atomic E-state index is 0.759. The molecule has 0 heterocycles. The van der Waals surface area contributed by atoms with Crippen molar-refractivity contribution in [3.8, 4) is 5.75 Å². The van der Waals surface area contributed by atoms with Crippen LogP contribution in [0.1, 0.15) is 11.1 Å². The van der Waals surface area contributed by atoms with Crippen LogP contribution in [0.3, 0.4) is 0 Å². The van der Waals surface area contributed by atoms with Crippen molar-refractivity contribution in [2.24, 2.45) is 0 Å². The third-order valence-corrected chi connectivity index (χ3v) is 3.03. The summed E-state index contributed by atoms with van der Waals surface area (Å²) in [6, 6.07) is 6.30. The number of benzene rings is 1. The lowest BCUT2D eigenvalue weighted by atomic mass is 10.1. The van der Waals surface area contributed by atoms with Crippen LogP contribution < -0.4 is 10.1 Å². The highest BCUT2D eigenvalue weighted by Gasteiger charge is 2.06. The molecule has 0 unspecified atom stereocenters. The smallest absolute Gasteiger partial charge is 0.123 e. The number of nitrogens with one attached hydrogen (secondary N) is 1. The second kappa shape index (κ2) is 8.91. The average Bonchev–Trinajstić information content (AvgIpc) is 2.39. The van der Waals surface area contributed by atoms with Crippen LogP contribution in [-0.2, 0) is 11.3 Å². The first kappa shape index (κ1) is 16.0. The Morgan fingerprint density at radius 1 is 1.21 bits per heavy atom. The Labute approximate surface area is 116 Å². The summed E-state index contributed by atoms with van der Waals surface area (Å²) in [6.45, 7) is 6.63. The summed E-state index contributed by atoms with van der Waals surface area (Å²) in [7, 11) is 5.57. The molecule has 1 rings (SSSR count). The number of rotatable bonds is 9. The largest absolute Gasteiger partial charge is 0.496 e. The van der Waals surface area contributed by atoms with E-state index in [0.29, 0.717) is 0 Å². The van der Waals surface area contributed by atoms with E-state index in [1.807, 2.05) is 6.07 Å². The van der Waals surface area contributed by atoms with E-state index in [0.717, 1.165) is 38.5 Å². The number of aryl methyl sites for hydroxylation is 1. The second-order valence-electron chi connectivity index (χ2n) is 4.80. The highest BCUT2D eigenvalue weighted by molar-refractivity contribution is 5.36. The Morgan fingerprint density at radius 2 is 2.00 bits per heavy atom. The van der Waals surface area contributed by atoms with Gasteiger partial charge in [-0.15, -0.1) is 0 Å². The zero-order valence-electron chi connectivity index (χ0n) is 12.5. The van der Waals surface area contributed by atoms with E-state index in [-0.39, 0.29) is 0 Å². The number of methoxy groups -OCH3 is 2. The van der Waals surface area contributed by atoms with Crippen molar-refractivity contribution in [3.63, 3.8) is 0 Å². The summed E-state index contributed by atoms with van der Waals surface area (Å²) < 4.78 is 10.4. The molecule has 0 spiro atoms. The summed E-state index contributed by atoms with van der Waals surface area (Å²) in [5.41, 5.74) is 2.50. The van der Waals surface area contributed by atoms with Crippen molar-refractivity contribution >= 4 is 0 Å². The molecule has 0 aromatic heterocycles. The maximum absolute atomic E-state index is 5.40. The van der Waals surface area contributed by atoms with Crippen molar-refractivity contribution in [1.29, 1.82) is 0 Å². The summed E-state index contributed by atoms with van der Waals surface area (Å²) in [5.74, 6) is 0.963. The molecule has 0 bridgehead atoms. The Morgan fingerprint density at radius 3 is 2.68 bits per heavy atom. The molecule has 0 radical (unpaired) electrons. The van der Waals surface area contributed by atoms with E-state index in [1.165, 1.54) is 11.1 Å².